The highest BCUT2D eigenvalue weighted by Crippen LogP contribution is 2.22. The molecule has 0 aliphatic carbocycles. The first-order valence-corrected chi connectivity index (χ1v) is 11.5. The van der Waals surface area contributed by atoms with Crippen molar-refractivity contribution in [3.63, 3.8) is 0 Å². The van der Waals surface area contributed by atoms with Gasteiger partial charge in [0.2, 0.25) is 0 Å². The number of hydrogen-bond acceptors (Lipinski definition) is 6. The van der Waals surface area contributed by atoms with Gasteiger partial charge in [-0.25, -0.2) is 19.4 Å². The first-order chi connectivity index (χ1) is 15.7. The van der Waals surface area contributed by atoms with Crippen LogP contribution in [-0.4, -0.2) is 25.2 Å². The van der Waals surface area contributed by atoms with Gasteiger partial charge < -0.3 is 9.47 Å². The molecule has 0 aliphatic rings. The van der Waals surface area contributed by atoms with E-state index in [-0.39, 0.29) is 11.1 Å². The van der Waals surface area contributed by atoms with E-state index in [1.807, 2.05) is 0 Å². The van der Waals surface area contributed by atoms with Gasteiger partial charge in [-0.1, -0.05) is 76.6 Å². The summed E-state index contributed by atoms with van der Waals surface area (Å²) >= 11 is 0. The third-order valence-corrected chi connectivity index (χ3v) is 4.92. The molecule has 0 amide bonds. The minimum Gasteiger partial charge on any atom is -0.493 e. The maximum atomic E-state index is 12.5. The molecule has 0 aliphatic heterocycles. The second kappa shape index (κ2) is 14.9. The van der Waals surface area contributed by atoms with Gasteiger partial charge >= 0.3 is 11.9 Å². The fourth-order valence-corrected chi connectivity index (χ4v) is 3.11. The maximum absolute atomic E-state index is 12.5. The number of carbonyl (C=O) groups is 2. The highest BCUT2D eigenvalue weighted by molar-refractivity contribution is 5.95. The second-order valence-corrected chi connectivity index (χ2v) is 7.55. The zero-order chi connectivity index (χ0) is 23.0. The zero-order valence-corrected chi connectivity index (χ0v) is 19.1. The Morgan fingerprint density at radius 2 is 1.00 bits per heavy atom. The van der Waals surface area contributed by atoms with E-state index in [1.165, 1.54) is 0 Å². The minimum atomic E-state index is -0.791. The number of ether oxygens (including phenoxy) is 2. The van der Waals surface area contributed by atoms with Gasteiger partial charge in [0.1, 0.15) is 22.6 Å². The molecule has 0 N–H and O–H groups in total. The van der Waals surface area contributed by atoms with Gasteiger partial charge in [0.05, 0.1) is 13.2 Å². The summed E-state index contributed by atoms with van der Waals surface area (Å²) in [6.07, 6.45) is 8.52. The summed E-state index contributed by atoms with van der Waals surface area (Å²) in [6, 6.07) is 13.5. The Bertz CT molecular complexity index is 763. The van der Waals surface area contributed by atoms with Gasteiger partial charge in [0.15, 0.2) is 0 Å². The number of unbranched alkanes of at least 4 members (excludes halogenated alkanes) is 6. The standard InChI is InChI=1S/C26H34O6/c1-3-5-7-13-19-29-23-17-11-9-15-21(23)25(27)31-32-26(28)22-16-10-12-18-24(22)30-20-14-8-6-4-2/h9-12,15-18H,3-8,13-14,19-20H2,1-2H3. The lowest BCUT2D eigenvalue weighted by molar-refractivity contribution is -0.187. The molecule has 0 unspecified atom stereocenters. The van der Waals surface area contributed by atoms with Gasteiger partial charge in [0.25, 0.3) is 0 Å². The molecule has 32 heavy (non-hydrogen) atoms. The van der Waals surface area contributed by atoms with Crippen molar-refractivity contribution in [2.75, 3.05) is 13.2 Å². The van der Waals surface area contributed by atoms with Crippen molar-refractivity contribution in [1.82, 2.24) is 0 Å². The predicted octanol–water partition coefficient (Wildman–Crippen LogP) is 6.53. The molecular formula is C26H34O6. The first-order valence-electron chi connectivity index (χ1n) is 11.5. The molecule has 2 rings (SSSR count). The van der Waals surface area contributed by atoms with Crippen LogP contribution in [0.5, 0.6) is 11.5 Å². The molecule has 0 saturated heterocycles. The molecule has 0 heterocycles. The summed E-state index contributed by atoms with van der Waals surface area (Å²) < 4.78 is 11.5. The second-order valence-electron chi connectivity index (χ2n) is 7.55. The molecule has 6 nitrogen and oxygen atoms in total. The van der Waals surface area contributed by atoms with Gasteiger partial charge in [-0.2, -0.15) is 0 Å². The van der Waals surface area contributed by atoms with Gasteiger partial charge in [-0.05, 0) is 37.1 Å². The molecule has 0 aromatic heterocycles. The molecule has 0 radical (unpaired) electrons. The van der Waals surface area contributed by atoms with Crippen molar-refractivity contribution in [2.45, 2.75) is 65.2 Å². The molecule has 0 atom stereocenters. The van der Waals surface area contributed by atoms with E-state index in [1.54, 1.807) is 48.5 Å². The summed E-state index contributed by atoms with van der Waals surface area (Å²) in [5, 5.41) is 0. The quantitative estimate of drug-likeness (QED) is 0.188. The van der Waals surface area contributed by atoms with E-state index in [2.05, 4.69) is 13.8 Å². The first kappa shape index (κ1) is 25.2. The lowest BCUT2D eigenvalue weighted by Crippen LogP contribution is -2.14. The van der Waals surface area contributed by atoms with Crippen LogP contribution in [0, 0.1) is 0 Å². The fourth-order valence-electron chi connectivity index (χ4n) is 3.11. The lowest BCUT2D eigenvalue weighted by atomic mass is 10.2. The lowest BCUT2D eigenvalue weighted by Gasteiger charge is -2.11. The third-order valence-electron chi connectivity index (χ3n) is 4.92. The van der Waals surface area contributed by atoms with Crippen molar-refractivity contribution < 1.29 is 28.8 Å². The van der Waals surface area contributed by atoms with E-state index < -0.39 is 11.9 Å². The molecular weight excluding hydrogens is 408 g/mol. The average molecular weight is 443 g/mol. The van der Waals surface area contributed by atoms with Crippen LogP contribution < -0.4 is 9.47 Å². The number of benzene rings is 2. The van der Waals surface area contributed by atoms with Crippen molar-refractivity contribution in [3.05, 3.63) is 59.7 Å². The Balaban J connectivity index is 1.90. The number of carbonyl (C=O) groups excluding carboxylic acids is 2. The van der Waals surface area contributed by atoms with Crippen LogP contribution in [0.2, 0.25) is 0 Å². The molecule has 2 aromatic carbocycles. The van der Waals surface area contributed by atoms with E-state index in [0.29, 0.717) is 24.7 Å². The SMILES string of the molecule is CCCCCCOc1ccccc1C(=O)OOC(=O)c1ccccc1OCCCCCC. The van der Waals surface area contributed by atoms with Crippen LogP contribution in [0.15, 0.2) is 48.5 Å². The van der Waals surface area contributed by atoms with Crippen molar-refractivity contribution >= 4 is 11.9 Å². The van der Waals surface area contributed by atoms with Crippen LogP contribution in [0.1, 0.15) is 85.9 Å². The van der Waals surface area contributed by atoms with Gasteiger partial charge in [-0.3, -0.25) is 0 Å². The number of rotatable bonds is 14. The Hall–Kier alpha value is -3.02. The van der Waals surface area contributed by atoms with Gasteiger partial charge in [0, 0.05) is 0 Å². The largest absolute Gasteiger partial charge is 0.493 e. The normalized spacial score (nSPS) is 10.4. The zero-order valence-electron chi connectivity index (χ0n) is 19.1. The highest BCUT2D eigenvalue weighted by atomic mass is 17.2. The fraction of sp³-hybridized carbons (Fsp3) is 0.462. The summed E-state index contributed by atoms with van der Waals surface area (Å²) in [5.74, 6) is -0.775. The smallest absolute Gasteiger partial charge is 0.390 e. The Kier molecular flexibility index (Phi) is 11.7. The summed E-state index contributed by atoms with van der Waals surface area (Å²) in [4.78, 5) is 34.6. The Morgan fingerprint density at radius 3 is 1.41 bits per heavy atom. The van der Waals surface area contributed by atoms with Crippen LogP contribution in [0.25, 0.3) is 0 Å². The maximum Gasteiger partial charge on any atom is 0.390 e. The molecule has 0 spiro atoms. The monoisotopic (exact) mass is 442 g/mol. The molecule has 174 valence electrons. The van der Waals surface area contributed by atoms with Crippen LogP contribution in [0.3, 0.4) is 0 Å². The minimum absolute atomic E-state index is 0.205. The van der Waals surface area contributed by atoms with E-state index in [0.717, 1.165) is 51.4 Å². The summed E-state index contributed by atoms with van der Waals surface area (Å²) in [7, 11) is 0. The summed E-state index contributed by atoms with van der Waals surface area (Å²) in [6.45, 7) is 5.30. The molecule has 2 aromatic rings. The van der Waals surface area contributed by atoms with E-state index in [9.17, 15) is 9.59 Å². The van der Waals surface area contributed by atoms with Crippen LogP contribution >= 0.6 is 0 Å². The molecule has 0 saturated carbocycles. The summed E-state index contributed by atoms with van der Waals surface area (Å²) in [5.41, 5.74) is 0.410. The molecule has 0 fully saturated rings. The number of hydrogen-bond donors (Lipinski definition) is 0. The van der Waals surface area contributed by atoms with Crippen molar-refractivity contribution in [3.8, 4) is 11.5 Å². The van der Waals surface area contributed by atoms with Gasteiger partial charge in [-0.15, -0.1) is 0 Å². The Morgan fingerprint density at radius 1 is 0.594 bits per heavy atom. The van der Waals surface area contributed by atoms with Crippen LogP contribution in [0.4, 0.5) is 0 Å². The van der Waals surface area contributed by atoms with Crippen molar-refractivity contribution in [1.29, 1.82) is 0 Å². The Labute approximate surface area is 190 Å². The predicted molar refractivity (Wildman–Crippen MR) is 123 cm³/mol. The van der Waals surface area contributed by atoms with E-state index in [4.69, 9.17) is 19.2 Å². The topological polar surface area (TPSA) is 71.1 Å². The van der Waals surface area contributed by atoms with Crippen LogP contribution in [-0.2, 0) is 9.78 Å². The third kappa shape index (κ3) is 8.61. The average Bonchev–Trinajstić information content (AvgIpc) is 2.82. The molecule has 0 bridgehead atoms. The molecule has 6 heteroatoms. The van der Waals surface area contributed by atoms with Crippen molar-refractivity contribution in [2.24, 2.45) is 0 Å². The number of para-hydroxylation sites is 2. The van der Waals surface area contributed by atoms with E-state index >= 15 is 0 Å². The highest BCUT2D eigenvalue weighted by Gasteiger charge is 2.20.